The first-order valence-electron chi connectivity index (χ1n) is 8.78. The van der Waals surface area contributed by atoms with E-state index in [2.05, 4.69) is 50.8 Å². The maximum absolute atomic E-state index is 12.4. The summed E-state index contributed by atoms with van der Waals surface area (Å²) in [6, 6.07) is 14.1. The van der Waals surface area contributed by atoms with Crippen LogP contribution in [0.15, 0.2) is 60.3 Å². The van der Waals surface area contributed by atoms with Gasteiger partial charge in [0.2, 0.25) is 5.91 Å². The van der Waals surface area contributed by atoms with Crippen LogP contribution in [0, 0.1) is 17.4 Å². The Kier molecular flexibility index (Phi) is 6.90. The predicted molar refractivity (Wildman–Crippen MR) is 124 cm³/mol. The van der Waals surface area contributed by atoms with Crippen LogP contribution in [-0.2, 0) is 11.3 Å². The summed E-state index contributed by atoms with van der Waals surface area (Å²) >= 11 is 3.63. The molecule has 0 atom stereocenters. The van der Waals surface area contributed by atoms with E-state index in [-0.39, 0.29) is 11.7 Å². The molecule has 0 saturated heterocycles. The summed E-state index contributed by atoms with van der Waals surface area (Å²) in [4.78, 5) is 12.4. The zero-order valence-corrected chi connectivity index (χ0v) is 18.8. The standard InChI is InChI=1S/C21H21IN4OS/c1-4-10-26-20(16-7-5-6-14(2)11-16)24-25-21(26)28-13-19(27)23-18-9-8-17(22)12-15(18)3/h4-9,11-12H,1,10,13H2,2-3H3,(H,23,27). The van der Waals surface area contributed by atoms with Crippen molar-refractivity contribution in [3.63, 3.8) is 0 Å². The third-order valence-electron chi connectivity index (χ3n) is 4.10. The van der Waals surface area contributed by atoms with Crippen molar-refractivity contribution in [2.75, 3.05) is 11.1 Å². The Morgan fingerprint density at radius 3 is 2.79 bits per heavy atom. The number of rotatable bonds is 7. The first kappa shape index (κ1) is 20.6. The van der Waals surface area contributed by atoms with Gasteiger partial charge in [-0.3, -0.25) is 9.36 Å². The number of carbonyl (C=O) groups is 1. The molecule has 1 N–H and O–H groups in total. The van der Waals surface area contributed by atoms with Crippen molar-refractivity contribution >= 4 is 45.9 Å². The fraction of sp³-hybridized carbons (Fsp3) is 0.190. The van der Waals surface area contributed by atoms with E-state index in [0.29, 0.717) is 11.7 Å². The van der Waals surface area contributed by atoms with E-state index in [1.165, 1.54) is 11.8 Å². The lowest BCUT2D eigenvalue weighted by Crippen LogP contribution is -2.15. The minimum absolute atomic E-state index is 0.0698. The Morgan fingerprint density at radius 2 is 2.07 bits per heavy atom. The lowest BCUT2D eigenvalue weighted by Gasteiger charge is -2.10. The molecule has 3 aromatic rings. The second-order valence-corrected chi connectivity index (χ2v) is 8.56. The van der Waals surface area contributed by atoms with Gasteiger partial charge in [0, 0.05) is 21.4 Å². The highest BCUT2D eigenvalue weighted by Crippen LogP contribution is 2.25. The van der Waals surface area contributed by atoms with E-state index in [1.54, 1.807) is 0 Å². The number of anilines is 1. The molecule has 0 aliphatic rings. The number of benzene rings is 2. The molecular weight excluding hydrogens is 483 g/mol. The lowest BCUT2D eigenvalue weighted by molar-refractivity contribution is -0.113. The van der Waals surface area contributed by atoms with Gasteiger partial charge in [0.15, 0.2) is 11.0 Å². The van der Waals surface area contributed by atoms with Crippen molar-refractivity contribution in [3.05, 3.63) is 69.8 Å². The van der Waals surface area contributed by atoms with Crippen LogP contribution in [0.4, 0.5) is 5.69 Å². The summed E-state index contributed by atoms with van der Waals surface area (Å²) in [6.07, 6.45) is 1.81. The van der Waals surface area contributed by atoms with Crippen molar-refractivity contribution in [1.29, 1.82) is 0 Å². The number of carbonyl (C=O) groups excluding carboxylic acids is 1. The van der Waals surface area contributed by atoms with Crippen molar-refractivity contribution in [2.24, 2.45) is 0 Å². The van der Waals surface area contributed by atoms with E-state index in [1.807, 2.05) is 60.9 Å². The zero-order valence-electron chi connectivity index (χ0n) is 15.8. The maximum Gasteiger partial charge on any atom is 0.234 e. The predicted octanol–water partition coefficient (Wildman–Crippen LogP) is 5.08. The molecule has 0 saturated carbocycles. The van der Waals surface area contributed by atoms with Gasteiger partial charge in [-0.1, -0.05) is 41.6 Å². The van der Waals surface area contributed by atoms with Crippen molar-refractivity contribution in [3.8, 4) is 11.4 Å². The third kappa shape index (κ3) is 5.02. The van der Waals surface area contributed by atoms with Crippen molar-refractivity contribution < 1.29 is 4.79 Å². The van der Waals surface area contributed by atoms with Crippen LogP contribution in [0.2, 0.25) is 0 Å². The highest BCUT2D eigenvalue weighted by molar-refractivity contribution is 14.1. The number of hydrogen-bond acceptors (Lipinski definition) is 4. The molecular formula is C21H21IN4OS. The van der Waals surface area contributed by atoms with E-state index >= 15 is 0 Å². The van der Waals surface area contributed by atoms with E-state index < -0.39 is 0 Å². The first-order valence-corrected chi connectivity index (χ1v) is 10.8. The topological polar surface area (TPSA) is 59.8 Å². The lowest BCUT2D eigenvalue weighted by atomic mass is 10.1. The number of nitrogens with one attached hydrogen (secondary N) is 1. The average Bonchev–Trinajstić information content (AvgIpc) is 3.05. The molecule has 1 heterocycles. The Morgan fingerprint density at radius 1 is 1.25 bits per heavy atom. The monoisotopic (exact) mass is 504 g/mol. The van der Waals surface area contributed by atoms with Crippen molar-refractivity contribution in [1.82, 2.24) is 14.8 Å². The van der Waals surface area contributed by atoms with Crippen molar-refractivity contribution in [2.45, 2.75) is 25.5 Å². The van der Waals surface area contributed by atoms with Gasteiger partial charge in [0.05, 0.1) is 5.75 Å². The second-order valence-electron chi connectivity index (χ2n) is 6.37. The molecule has 5 nitrogen and oxygen atoms in total. The van der Waals surface area contributed by atoms with Crippen LogP contribution < -0.4 is 5.32 Å². The van der Waals surface area contributed by atoms with Crippen LogP contribution in [0.1, 0.15) is 11.1 Å². The third-order valence-corrected chi connectivity index (χ3v) is 5.74. The van der Waals surface area contributed by atoms with E-state index in [4.69, 9.17) is 0 Å². The Labute approximate surface area is 182 Å². The summed E-state index contributed by atoms with van der Waals surface area (Å²) in [7, 11) is 0. The molecule has 0 radical (unpaired) electrons. The zero-order chi connectivity index (χ0) is 20.1. The highest BCUT2D eigenvalue weighted by atomic mass is 127. The quantitative estimate of drug-likeness (QED) is 0.277. The summed E-state index contributed by atoms with van der Waals surface area (Å²) in [5.41, 5.74) is 4.04. The molecule has 7 heteroatoms. The molecule has 0 bridgehead atoms. The molecule has 144 valence electrons. The average molecular weight is 504 g/mol. The van der Waals surface area contributed by atoms with Gasteiger partial charge in [-0.05, 0) is 66.3 Å². The second kappa shape index (κ2) is 9.38. The summed E-state index contributed by atoms with van der Waals surface area (Å²) < 4.78 is 3.12. The molecule has 0 aliphatic heterocycles. The normalized spacial score (nSPS) is 10.7. The van der Waals surface area contributed by atoms with Gasteiger partial charge < -0.3 is 5.32 Å². The van der Waals surface area contributed by atoms with E-state index in [9.17, 15) is 4.79 Å². The number of nitrogens with zero attached hydrogens (tertiary/aromatic N) is 3. The SMILES string of the molecule is C=CCn1c(SCC(=O)Nc2ccc(I)cc2C)nnc1-c1cccc(C)c1. The van der Waals surface area contributed by atoms with Crippen LogP contribution >= 0.6 is 34.4 Å². The minimum atomic E-state index is -0.0698. The number of halogens is 1. The Hall–Kier alpha value is -2.13. The molecule has 1 amide bonds. The first-order chi connectivity index (χ1) is 13.5. The largest absolute Gasteiger partial charge is 0.325 e. The molecule has 0 aliphatic carbocycles. The highest BCUT2D eigenvalue weighted by Gasteiger charge is 2.15. The van der Waals surface area contributed by atoms with Gasteiger partial charge in [-0.2, -0.15) is 0 Å². The Bertz CT molecular complexity index is 1020. The molecule has 1 aromatic heterocycles. The van der Waals surface area contributed by atoms with E-state index in [0.717, 1.165) is 31.8 Å². The number of thioether (sulfide) groups is 1. The minimum Gasteiger partial charge on any atom is -0.325 e. The summed E-state index contributed by atoms with van der Waals surface area (Å²) in [5.74, 6) is 0.966. The smallest absolute Gasteiger partial charge is 0.234 e. The molecule has 2 aromatic carbocycles. The van der Waals surface area contributed by atoms with Gasteiger partial charge in [0.1, 0.15) is 0 Å². The van der Waals surface area contributed by atoms with Gasteiger partial charge in [-0.25, -0.2) is 0 Å². The number of amides is 1. The molecule has 0 spiro atoms. The van der Waals surface area contributed by atoms with Gasteiger partial charge in [0.25, 0.3) is 0 Å². The summed E-state index contributed by atoms with van der Waals surface area (Å²) in [5, 5.41) is 12.3. The number of hydrogen-bond donors (Lipinski definition) is 1. The summed E-state index contributed by atoms with van der Waals surface area (Å²) in [6.45, 7) is 8.44. The van der Waals surface area contributed by atoms with Gasteiger partial charge >= 0.3 is 0 Å². The van der Waals surface area contributed by atoms with Crippen LogP contribution in [-0.4, -0.2) is 26.4 Å². The molecule has 0 unspecified atom stereocenters. The molecule has 0 fully saturated rings. The van der Waals surface area contributed by atoms with Gasteiger partial charge in [-0.15, -0.1) is 16.8 Å². The molecule has 28 heavy (non-hydrogen) atoms. The number of aromatic nitrogens is 3. The number of aryl methyl sites for hydroxylation is 2. The number of allylic oxidation sites excluding steroid dienone is 1. The van der Waals surface area contributed by atoms with Crippen LogP contribution in [0.25, 0.3) is 11.4 Å². The molecule has 3 rings (SSSR count). The van der Waals surface area contributed by atoms with Crippen LogP contribution in [0.5, 0.6) is 0 Å². The van der Waals surface area contributed by atoms with Crippen LogP contribution in [0.3, 0.4) is 0 Å². The fourth-order valence-corrected chi connectivity index (χ4v) is 4.17. The maximum atomic E-state index is 12.4. The Balaban J connectivity index is 1.73. The fourth-order valence-electron chi connectivity index (χ4n) is 2.77.